The molecule has 0 aliphatic rings. The summed E-state index contributed by atoms with van der Waals surface area (Å²) in [5.41, 5.74) is 3.29. The lowest BCUT2D eigenvalue weighted by Crippen LogP contribution is -2.27. The van der Waals surface area contributed by atoms with Crippen LogP contribution in [0.2, 0.25) is 0 Å². The van der Waals surface area contributed by atoms with E-state index in [4.69, 9.17) is 9.97 Å². The molecule has 2 heterocycles. The summed E-state index contributed by atoms with van der Waals surface area (Å²) in [6.45, 7) is 11.2. The molecule has 5 nitrogen and oxygen atoms in total. The van der Waals surface area contributed by atoms with E-state index in [1.54, 1.807) is 23.5 Å². The molecule has 2 aromatic carbocycles. The van der Waals surface area contributed by atoms with Crippen LogP contribution in [0.3, 0.4) is 0 Å². The van der Waals surface area contributed by atoms with Gasteiger partial charge in [-0.15, -0.1) is 11.3 Å². The van der Waals surface area contributed by atoms with Crippen LogP contribution < -0.4 is 10.2 Å². The van der Waals surface area contributed by atoms with E-state index in [9.17, 15) is 5.11 Å². The van der Waals surface area contributed by atoms with Gasteiger partial charge in [0, 0.05) is 39.2 Å². The van der Waals surface area contributed by atoms with E-state index in [1.165, 1.54) is 10.1 Å². The molecule has 0 aliphatic carbocycles. The minimum atomic E-state index is 0.222. The minimum Gasteiger partial charge on any atom is -0.508 e. The maximum Gasteiger partial charge on any atom is 0.165 e. The van der Waals surface area contributed by atoms with Crippen LogP contribution in [-0.2, 0) is 12.8 Å². The normalized spacial score (nSPS) is 11.2. The van der Waals surface area contributed by atoms with Gasteiger partial charge in [0.15, 0.2) is 5.82 Å². The molecule has 0 atom stereocenters. The van der Waals surface area contributed by atoms with E-state index in [2.05, 4.69) is 67.2 Å². The molecule has 0 unspecified atom stereocenters. The summed E-state index contributed by atoms with van der Waals surface area (Å²) in [6, 6.07) is 15.9. The van der Waals surface area contributed by atoms with E-state index in [-0.39, 0.29) is 11.8 Å². The number of nitrogens with one attached hydrogen (secondary N) is 1. The van der Waals surface area contributed by atoms with Gasteiger partial charge >= 0.3 is 0 Å². The summed E-state index contributed by atoms with van der Waals surface area (Å²) in [7, 11) is 0. The van der Waals surface area contributed by atoms with Crippen molar-refractivity contribution in [2.45, 2.75) is 39.7 Å². The molecule has 0 spiro atoms. The Labute approximate surface area is 199 Å². The van der Waals surface area contributed by atoms with Crippen LogP contribution >= 0.6 is 11.3 Å². The number of hydrogen-bond acceptors (Lipinski definition) is 6. The van der Waals surface area contributed by atoms with Crippen molar-refractivity contribution in [1.82, 2.24) is 9.97 Å². The predicted molar refractivity (Wildman–Crippen MR) is 140 cm³/mol. The first-order valence-electron chi connectivity index (χ1n) is 11.3. The molecule has 0 fully saturated rings. The summed E-state index contributed by atoms with van der Waals surface area (Å²) < 4.78 is 1.23. The number of benzene rings is 2. The van der Waals surface area contributed by atoms with Gasteiger partial charge in [0.05, 0.1) is 0 Å². The molecular formula is C27H30N4OS. The maximum atomic E-state index is 9.53. The molecule has 0 bridgehead atoms. The summed E-state index contributed by atoms with van der Waals surface area (Å²) >= 11 is 1.71. The lowest BCUT2D eigenvalue weighted by Gasteiger charge is -2.27. The highest BCUT2D eigenvalue weighted by Gasteiger charge is 2.21. The third kappa shape index (κ3) is 4.86. The Bertz CT molecular complexity index is 1250. The van der Waals surface area contributed by atoms with Crippen molar-refractivity contribution in [2.24, 2.45) is 0 Å². The number of rotatable bonds is 9. The third-order valence-electron chi connectivity index (χ3n) is 5.70. The molecule has 4 aromatic rings. The average molecular weight is 459 g/mol. The van der Waals surface area contributed by atoms with Crippen molar-refractivity contribution < 1.29 is 5.11 Å². The molecule has 0 radical (unpaired) electrons. The molecule has 2 aromatic heterocycles. The highest BCUT2D eigenvalue weighted by atomic mass is 32.1. The van der Waals surface area contributed by atoms with Crippen molar-refractivity contribution in [2.75, 3.05) is 16.8 Å². The number of nitrogens with zero attached hydrogens (tertiary/aromatic N) is 3. The second kappa shape index (κ2) is 10.0. The zero-order chi connectivity index (χ0) is 23.4. The number of anilines is 2. The largest absolute Gasteiger partial charge is 0.508 e. The third-order valence-corrected chi connectivity index (χ3v) is 6.66. The van der Waals surface area contributed by atoms with E-state index in [1.807, 2.05) is 18.3 Å². The van der Waals surface area contributed by atoms with Crippen LogP contribution in [0.25, 0.3) is 21.5 Å². The number of hydrogen-bond donors (Lipinski definition) is 2. The molecule has 6 heteroatoms. The first kappa shape index (κ1) is 22.8. The summed E-state index contributed by atoms with van der Waals surface area (Å²) in [5.74, 6) is 2.76. The number of aromatic hydroxyl groups is 1. The summed E-state index contributed by atoms with van der Waals surface area (Å²) in [6.07, 6.45) is 3.48. The fraction of sp³-hybridized carbons (Fsp3) is 0.259. The van der Waals surface area contributed by atoms with Crippen LogP contribution in [0.5, 0.6) is 5.75 Å². The predicted octanol–water partition coefficient (Wildman–Crippen LogP) is 6.64. The SMILES string of the molecule is C=CN(c1nc(-c2csc3ccccc23)nc(NCCc2ccc(O)cc2)c1CC)C(C)C. The minimum absolute atomic E-state index is 0.222. The van der Waals surface area contributed by atoms with Crippen molar-refractivity contribution in [1.29, 1.82) is 0 Å². The van der Waals surface area contributed by atoms with E-state index >= 15 is 0 Å². The van der Waals surface area contributed by atoms with E-state index in [0.717, 1.165) is 53.5 Å². The van der Waals surface area contributed by atoms with Crippen LogP contribution in [0.4, 0.5) is 11.6 Å². The van der Waals surface area contributed by atoms with Gasteiger partial charge in [0.2, 0.25) is 0 Å². The van der Waals surface area contributed by atoms with E-state index < -0.39 is 0 Å². The Kier molecular flexibility index (Phi) is 6.94. The maximum absolute atomic E-state index is 9.53. The fourth-order valence-electron chi connectivity index (χ4n) is 3.96. The molecule has 0 saturated heterocycles. The Balaban J connectivity index is 1.75. The number of thiophene rings is 1. The molecule has 0 saturated carbocycles. The van der Waals surface area contributed by atoms with Crippen molar-refractivity contribution in [3.05, 3.63) is 77.8 Å². The average Bonchev–Trinajstić information content (AvgIpc) is 3.25. The summed E-state index contributed by atoms with van der Waals surface area (Å²) in [5, 5.41) is 16.4. The number of fused-ring (bicyclic) bond motifs is 1. The molecule has 4 rings (SSSR count). The summed E-state index contributed by atoms with van der Waals surface area (Å²) in [4.78, 5) is 12.2. The van der Waals surface area contributed by atoms with Gasteiger partial charge in [-0.3, -0.25) is 0 Å². The Morgan fingerprint density at radius 3 is 2.58 bits per heavy atom. The molecular weight excluding hydrogens is 428 g/mol. The zero-order valence-electron chi connectivity index (χ0n) is 19.4. The smallest absolute Gasteiger partial charge is 0.165 e. The van der Waals surface area contributed by atoms with Crippen LogP contribution in [0, 0.1) is 0 Å². The Morgan fingerprint density at radius 1 is 1.12 bits per heavy atom. The highest BCUT2D eigenvalue weighted by Crippen LogP contribution is 2.36. The molecule has 170 valence electrons. The molecule has 33 heavy (non-hydrogen) atoms. The molecule has 0 aliphatic heterocycles. The van der Waals surface area contributed by atoms with Gasteiger partial charge in [-0.25, -0.2) is 9.97 Å². The topological polar surface area (TPSA) is 61.3 Å². The lowest BCUT2D eigenvalue weighted by molar-refractivity contribution is 0.475. The second-order valence-electron chi connectivity index (χ2n) is 8.22. The first-order chi connectivity index (χ1) is 16.0. The van der Waals surface area contributed by atoms with Gasteiger partial charge in [0.1, 0.15) is 17.4 Å². The van der Waals surface area contributed by atoms with Crippen LogP contribution in [-0.4, -0.2) is 27.7 Å². The van der Waals surface area contributed by atoms with Gasteiger partial charge < -0.3 is 15.3 Å². The van der Waals surface area contributed by atoms with Crippen molar-refractivity contribution in [3.63, 3.8) is 0 Å². The quantitative estimate of drug-likeness (QED) is 0.294. The number of phenols is 1. The standard InChI is InChI=1S/C27H30N4OS/c1-5-21-25(28-16-15-19-11-13-20(32)14-12-19)29-26(30-27(21)31(6-2)18(3)4)23-17-33-24-10-8-7-9-22(23)24/h6-14,17-18,32H,2,5,15-16H2,1,3-4H3,(H,28,29,30). The Hall–Kier alpha value is -3.38. The number of phenolic OH excluding ortho intramolecular Hbond substituents is 1. The molecule has 2 N–H and O–H groups in total. The van der Waals surface area contributed by atoms with Gasteiger partial charge in [0.25, 0.3) is 0 Å². The molecule has 0 amide bonds. The van der Waals surface area contributed by atoms with Crippen LogP contribution in [0.15, 0.2) is 66.7 Å². The number of aromatic nitrogens is 2. The Morgan fingerprint density at radius 2 is 1.88 bits per heavy atom. The highest BCUT2D eigenvalue weighted by molar-refractivity contribution is 7.17. The van der Waals surface area contributed by atoms with Crippen LogP contribution in [0.1, 0.15) is 31.9 Å². The van der Waals surface area contributed by atoms with E-state index in [0.29, 0.717) is 0 Å². The zero-order valence-corrected chi connectivity index (χ0v) is 20.2. The van der Waals surface area contributed by atoms with Gasteiger partial charge in [-0.1, -0.05) is 43.8 Å². The second-order valence-corrected chi connectivity index (χ2v) is 9.14. The first-order valence-corrected chi connectivity index (χ1v) is 12.2. The lowest BCUT2D eigenvalue weighted by atomic mass is 10.1. The van der Waals surface area contributed by atoms with Crippen molar-refractivity contribution >= 4 is 33.1 Å². The van der Waals surface area contributed by atoms with Gasteiger partial charge in [-0.05, 0) is 56.7 Å². The monoisotopic (exact) mass is 458 g/mol. The van der Waals surface area contributed by atoms with Crippen molar-refractivity contribution in [3.8, 4) is 17.1 Å². The fourth-order valence-corrected chi connectivity index (χ4v) is 4.90. The van der Waals surface area contributed by atoms with Gasteiger partial charge in [-0.2, -0.15) is 0 Å².